The molecule has 0 spiro atoms. The molecule has 0 saturated carbocycles. The van der Waals surface area contributed by atoms with E-state index < -0.39 is 42.2 Å². The maximum Gasteiger partial charge on any atom is 0.255 e. The molecule has 1 fully saturated rings. The highest BCUT2D eigenvalue weighted by Gasteiger charge is 2.51. The number of carbonyl (C=O) groups is 3. The van der Waals surface area contributed by atoms with Crippen LogP contribution in [0.4, 0.5) is 4.39 Å². The zero-order valence-corrected chi connectivity index (χ0v) is 24.6. The minimum absolute atomic E-state index is 0.253. The van der Waals surface area contributed by atoms with E-state index in [1.54, 1.807) is 35.9 Å². The number of fused-ring (bicyclic) bond motifs is 1. The van der Waals surface area contributed by atoms with Gasteiger partial charge in [-0.05, 0) is 55.0 Å². The molecule has 1 unspecified atom stereocenters. The number of halogens is 1. The van der Waals surface area contributed by atoms with Gasteiger partial charge in [0.15, 0.2) is 6.17 Å². The highest BCUT2D eigenvalue weighted by atomic mass is 32.1. The van der Waals surface area contributed by atoms with Gasteiger partial charge in [0.2, 0.25) is 11.8 Å². The van der Waals surface area contributed by atoms with Gasteiger partial charge in [0.25, 0.3) is 5.91 Å². The number of hydrogen-bond acceptors (Lipinski definition) is 6. The molecule has 2 aliphatic heterocycles. The lowest BCUT2D eigenvalue weighted by Crippen LogP contribution is -2.56. The Morgan fingerprint density at radius 2 is 1.88 bits per heavy atom. The van der Waals surface area contributed by atoms with Crippen molar-refractivity contribution < 1.29 is 23.9 Å². The van der Waals surface area contributed by atoms with Crippen LogP contribution in [0, 0.1) is 19.8 Å². The van der Waals surface area contributed by atoms with E-state index in [9.17, 15) is 19.5 Å². The molecule has 2 N–H and O–H groups in total. The number of β-amino-alcohol motifs (C(OH)–C–C–N with tert-alkyl or cyclic N) is 1. The summed E-state index contributed by atoms with van der Waals surface area (Å²) in [6, 6.07) is 10.2. The monoisotopic (exact) mass is 578 g/mol. The Hall–Kier alpha value is -3.63. The predicted octanol–water partition coefficient (Wildman–Crippen LogP) is 4.19. The number of nitrogens with zero attached hydrogens (tertiary/aromatic N) is 3. The third-order valence-corrected chi connectivity index (χ3v) is 9.09. The number of aliphatic hydroxyl groups excluding tert-OH is 1. The van der Waals surface area contributed by atoms with Gasteiger partial charge < -0.3 is 20.2 Å². The van der Waals surface area contributed by atoms with Crippen LogP contribution in [-0.2, 0) is 16.1 Å². The summed E-state index contributed by atoms with van der Waals surface area (Å²) in [6.07, 6.45) is -3.46. The van der Waals surface area contributed by atoms with Gasteiger partial charge in [-0.1, -0.05) is 50.2 Å². The second kappa shape index (κ2) is 11.3. The Morgan fingerprint density at radius 3 is 2.51 bits per heavy atom. The van der Waals surface area contributed by atoms with Crippen molar-refractivity contribution in [1.82, 2.24) is 20.1 Å². The van der Waals surface area contributed by atoms with Crippen LogP contribution >= 0.6 is 11.3 Å². The van der Waals surface area contributed by atoms with E-state index in [-0.39, 0.29) is 24.9 Å². The van der Waals surface area contributed by atoms with Gasteiger partial charge in [-0.2, -0.15) is 0 Å². The van der Waals surface area contributed by atoms with Crippen LogP contribution < -0.4 is 5.32 Å². The van der Waals surface area contributed by atoms with Crippen LogP contribution in [0.3, 0.4) is 0 Å². The summed E-state index contributed by atoms with van der Waals surface area (Å²) in [6.45, 7) is 9.26. The van der Waals surface area contributed by atoms with E-state index in [1.165, 1.54) is 4.90 Å². The summed E-state index contributed by atoms with van der Waals surface area (Å²) < 4.78 is 15.4. The molecule has 41 heavy (non-hydrogen) atoms. The summed E-state index contributed by atoms with van der Waals surface area (Å²) in [7, 11) is 0. The fraction of sp³-hybridized carbons (Fsp3) is 0.419. The molecule has 8 nitrogen and oxygen atoms in total. The fourth-order valence-corrected chi connectivity index (χ4v) is 6.82. The summed E-state index contributed by atoms with van der Waals surface area (Å²) in [5.74, 6) is -1.81. The molecule has 5 rings (SSSR count). The number of amides is 3. The molecule has 0 aliphatic carbocycles. The van der Waals surface area contributed by atoms with Crippen LogP contribution in [0.15, 0.2) is 48.0 Å². The number of benzene rings is 2. The second-order valence-corrected chi connectivity index (χ2v) is 12.1. The molecule has 216 valence electrons. The number of thiazole rings is 1. The number of hydrogen-bond donors (Lipinski definition) is 2. The summed E-state index contributed by atoms with van der Waals surface area (Å²) in [5, 5.41) is 13.3. The van der Waals surface area contributed by atoms with Gasteiger partial charge in [-0.3, -0.25) is 14.4 Å². The normalized spacial score (nSPS) is 21.8. The molecule has 1 aromatic heterocycles. The Bertz CT molecular complexity index is 1490. The first kappa shape index (κ1) is 28.9. The van der Waals surface area contributed by atoms with Crippen molar-refractivity contribution in [2.75, 3.05) is 6.54 Å². The second-order valence-electron chi connectivity index (χ2n) is 11.3. The molecule has 1 saturated heterocycles. The number of nitrogens with one attached hydrogen (secondary N) is 1. The molecular formula is C31H35FN4O4S. The number of aliphatic hydroxyl groups is 1. The van der Waals surface area contributed by atoms with Gasteiger partial charge in [-0.15, -0.1) is 11.3 Å². The van der Waals surface area contributed by atoms with E-state index in [0.29, 0.717) is 5.56 Å². The first-order valence-electron chi connectivity index (χ1n) is 13.8. The van der Waals surface area contributed by atoms with Crippen molar-refractivity contribution in [1.29, 1.82) is 0 Å². The number of likely N-dealkylation sites (tertiary alicyclic amines) is 1. The molecule has 2 aromatic carbocycles. The van der Waals surface area contributed by atoms with Crippen molar-refractivity contribution in [2.24, 2.45) is 5.92 Å². The zero-order chi connectivity index (χ0) is 29.6. The van der Waals surface area contributed by atoms with Gasteiger partial charge in [0.05, 0.1) is 28.7 Å². The van der Waals surface area contributed by atoms with Gasteiger partial charge >= 0.3 is 0 Å². The van der Waals surface area contributed by atoms with Crippen LogP contribution in [0.1, 0.15) is 59.6 Å². The Kier molecular flexibility index (Phi) is 7.98. The van der Waals surface area contributed by atoms with Crippen molar-refractivity contribution in [3.8, 4) is 10.4 Å². The fourth-order valence-electron chi connectivity index (χ4n) is 6.02. The van der Waals surface area contributed by atoms with E-state index in [1.807, 2.05) is 58.0 Å². The first-order chi connectivity index (χ1) is 19.5. The SMILES string of the molecule is Cc1cc(-c2scnc2C)ccc1[C@H](C)NC(=O)C1[C@@H](F)[C@@H](O)CN1C(=O)[C@H](C(C)C)N1Cc2ccccc2C1=O. The summed E-state index contributed by atoms with van der Waals surface area (Å²) in [5.41, 5.74) is 6.93. The van der Waals surface area contributed by atoms with Crippen molar-refractivity contribution >= 4 is 29.1 Å². The van der Waals surface area contributed by atoms with Crippen molar-refractivity contribution in [2.45, 2.75) is 71.6 Å². The van der Waals surface area contributed by atoms with Crippen LogP contribution in [-0.4, -0.2) is 68.5 Å². The van der Waals surface area contributed by atoms with E-state index >= 15 is 4.39 Å². The summed E-state index contributed by atoms with van der Waals surface area (Å²) >= 11 is 1.56. The molecule has 0 bridgehead atoms. The predicted molar refractivity (Wildman–Crippen MR) is 155 cm³/mol. The molecule has 2 aliphatic rings. The van der Waals surface area contributed by atoms with E-state index in [4.69, 9.17) is 0 Å². The average molecular weight is 579 g/mol. The Morgan fingerprint density at radius 1 is 1.15 bits per heavy atom. The van der Waals surface area contributed by atoms with Crippen molar-refractivity contribution in [3.63, 3.8) is 0 Å². The standard InChI is InChI=1S/C31H35FN4O4S/c1-16(2)26(35-13-21-8-6-7-9-23(21)30(35)39)31(40)36-14-24(37)25(32)27(36)29(38)34-18(4)22-11-10-20(12-17(22)3)28-19(5)33-15-41-28/h6-12,15-16,18,24-27,37H,13-14H2,1-5H3,(H,34,38)/t18-,24-,25-,26-,27?/m0/s1. The minimum atomic E-state index is -1.96. The third kappa shape index (κ3) is 5.26. The number of carbonyl (C=O) groups excluding carboxylic acids is 3. The number of aromatic nitrogens is 1. The average Bonchev–Trinajstić information content (AvgIpc) is 3.59. The number of rotatable bonds is 7. The van der Waals surface area contributed by atoms with Gasteiger partial charge in [0.1, 0.15) is 18.2 Å². The van der Waals surface area contributed by atoms with E-state index in [2.05, 4.69) is 10.3 Å². The molecule has 0 radical (unpaired) electrons. The largest absolute Gasteiger partial charge is 0.388 e. The van der Waals surface area contributed by atoms with Crippen LogP contribution in [0.5, 0.6) is 0 Å². The lowest BCUT2D eigenvalue weighted by molar-refractivity contribution is -0.144. The maximum atomic E-state index is 15.4. The van der Waals surface area contributed by atoms with Gasteiger partial charge in [0, 0.05) is 12.1 Å². The molecule has 3 aromatic rings. The van der Waals surface area contributed by atoms with E-state index in [0.717, 1.165) is 37.7 Å². The molecule has 3 heterocycles. The minimum Gasteiger partial charge on any atom is -0.388 e. The smallest absolute Gasteiger partial charge is 0.255 e. The number of aryl methyl sites for hydroxylation is 2. The lowest BCUT2D eigenvalue weighted by atomic mass is 9.98. The van der Waals surface area contributed by atoms with Gasteiger partial charge in [-0.25, -0.2) is 9.37 Å². The van der Waals surface area contributed by atoms with Crippen LogP contribution in [0.2, 0.25) is 0 Å². The molecular weight excluding hydrogens is 543 g/mol. The lowest BCUT2D eigenvalue weighted by Gasteiger charge is -2.35. The number of alkyl halides is 1. The zero-order valence-electron chi connectivity index (χ0n) is 23.8. The quantitative estimate of drug-likeness (QED) is 0.438. The maximum absolute atomic E-state index is 15.4. The molecule has 10 heteroatoms. The highest BCUT2D eigenvalue weighted by molar-refractivity contribution is 7.13. The first-order valence-corrected chi connectivity index (χ1v) is 14.7. The van der Waals surface area contributed by atoms with Crippen molar-refractivity contribution in [3.05, 3.63) is 75.9 Å². The Balaban J connectivity index is 1.35. The molecule has 3 amide bonds. The third-order valence-electron chi connectivity index (χ3n) is 8.11. The summed E-state index contributed by atoms with van der Waals surface area (Å²) in [4.78, 5) is 48.7. The highest BCUT2D eigenvalue weighted by Crippen LogP contribution is 2.33. The van der Waals surface area contributed by atoms with Crippen LogP contribution in [0.25, 0.3) is 10.4 Å². The topological polar surface area (TPSA) is 103 Å². The Labute approximate surface area is 243 Å². The molecule has 5 atom stereocenters.